The molecule has 0 aliphatic rings. The molecule has 0 unspecified atom stereocenters. The summed E-state index contributed by atoms with van der Waals surface area (Å²) >= 11 is 0. The Balaban J connectivity index is 1.67. The summed E-state index contributed by atoms with van der Waals surface area (Å²) in [6, 6.07) is 0. The number of ether oxygens (including phenoxy) is 2. The van der Waals surface area contributed by atoms with Gasteiger partial charge < -0.3 is 9.47 Å². The van der Waals surface area contributed by atoms with Gasteiger partial charge in [0, 0.05) is 12.8 Å². The zero-order valence-corrected chi connectivity index (χ0v) is 18.1. The Morgan fingerprint density at radius 3 is 0.889 bits per heavy atom. The highest BCUT2D eigenvalue weighted by Gasteiger charge is 2.29. The maximum absolute atomic E-state index is 13.5. The third-order valence-corrected chi connectivity index (χ3v) is 4.78. The summed E-state index contributed by atoms with van der Waals surface area (Å²) in [6.07, 6.45) is 1.18. The van der Waals surface area contributed by atoms with E-state index in [-0.39, 0.29) is 12.8 Å². The summed E-state index contributed by atoms with van der Waals surface area (Å²) in [5, 5.41) is 0. The number of hydrogen-bond acceptors (Lipinski definition) is 4. The fourth-order valence-electron chi connectivity index (χ4n) is 2.92. The quantitative estimate of drug-likeness (QED) is 0.0804. The summed E-state index contributed by atoms with van der Waals surface area (Å²) in [5.41, 5.74) is 0. The maximum Gasteiger partial charge on any atom is 0.311 e. The molecule has 0 amide bonds. The number of esters is 2. The molecule has 0 bridgehead atoms. The Labute approximate surface area is 196 Å². The second-order valence-corrected chi connectivity index (χ2v) is 7.37. The monoisotopic (exact) mass is 534 g/mol. The van der Waals surface area contributed by atoms with E-state index in [0.29, 0.717) is 25.7 Å². The molecular formula is C22H16F10O4. The molecule has 14 heteroatoms. The molecule has 0 aliphatic heterocycles. The van der Waals surface area contributed by atoms with Crippen LogP contribution >= 0.6 is 0 Å². The number of halogens is 10. The van der Waals surface area contributed by atoms with Crippen LogP contribution in [0.3, 0.4) is 0 Å². The first-order chi connectivity index (χ1) is 16.9. The van der Waals surface area contributed by atoms with Crippen LogP contribution in [-0.4, -0.2) is 11.9 Å². The van der Waals surface area contributed by atoms with Crippen molar-refractivity contribution in [1.29, 1.82) is 0 Å². The van der Waals surface area contributed by atoms with E-state index >= 15 is 0 Å². The minimum absolute atomic E-state index is 0.135. The van der Waals surface area contributed by atoms with E-state index < -0.39 is 94.5 Å². The molecule has 4 nitrogen and oxygen atoms in total. The standard InChI is InChI=1S/C22H16F10O4/c23-11-13(25)17(29)21(18(30)14(11)26)35-9(33)7-5-3-1-2-4-6-8-10(34)36-22-19(31)15(27)12(24)16(28)20(22)32/h1-8H2. The lowest BCUT2D eigenvalue weighted by Crippen LogP contribution is -2.13. The van der Waals surface area contributed by atoms with E-state index in [1.54, 1.807) is 0 Å². The molecule has 2 rings (SSSR count). The molecule has 0 aliphatic carbocycles. The van der Waals surface area contributed by atoms with Crippen molar-refractivity contribution in [3.05, 3.63) is 58.2 Å². The highest BCUT2D eigenvalue weighted by Crippen LogP contribution is 2.30. The van der Waals surface area contributed by atoms with Crippen LogP contribution in [0.1, 0.15) is 51.4 Å². The van der Waals surface area contributed by atoms with Gasteiger partial charge >= 0.3 is 11.9 Å². The van der Waals surface area contributed by atoms with Gasteiger partial charge in [-0.2, -0.15) is 17.6 Å². The van der Waals surface area contributed by atoms with Gasteiger partial charge in [-0.15, -0.1) is 0 Å². The number of hydrogen-bond donors (Lipinski definition) is 0. The Bertz CT molecular complexity index is 1010. The van der Waals surface area contributed by atoms with E-state index in [1.807, 2.05) is 0 Å². The number of carbonyl (C=O) groups is 2. The molecule has 2 aromatic carbocycles. The molecule has 0 spiro atoms. The highest BCUT2D eigenvalue weighted by atomic mass is 19.2. The molecule has 0 atom stereocenters. The van der Waals surface area contributed by atoms with E-state index in [4.69, 9.17) is 0 Å². The van der Waals surface area contributed by atoms with Crippen LogP contribution in [0.2, 0.25) is 0 Å². The Morgan fingerprint density at radius 2 is 0.611 bits per heavy atom. The average molecular weight is 534 g/mol. The van der Waals surface area contributed by atoms with Crippen molar-refractivity contribution >= 4 is 11.9 Å². The summed E-state index contributed by atoms with van der Waals surface area (Å²) in [5.74, 6) is -28.8. The molecule has 0 aromatic heterocycles. The summed E-state index contributed by atoms with van der Waals surface area (Å²) in [6.45, 7) is 0. The Kier molecular flexibility index (Phi) is 10.1. The van der Waals surface area contributed by atoms with Gasteiger partial charge in [0.2, 0.25) is 69.7 Å². The predicted octanol–water partition coefficient (Wildman–Crippen LogP) is 6.71. The molecule has 0 heterocycles. The lowest BCUT2D eigenvalue weighted by Gasteiger charge is -2.09. The molecule has 0 saturated carbocycles. The molecule has 0 fully saturated rings. The van der Waals surface area contributed by atoms with Gasteiger partial charge in [0.25, 0.3) is 0 Å². The van der Waals surface area contributed by atoms with Crippen molar-refractivity contribution in [1.82, 2.24) is 0 Å². The minimum atomic E-state index is -2.39. The predicted molar refractivity (Wildman–Crippen MR) is 101 cm³/mol. The second-order valence-electron chi connectivity index (χ2n) is 7.37. The van der Waals surface area contributed by atoms with Gasteiger partial charge in [-0.3, -0.25) is 9.59 Å². The van der Waals surface area contributed by atoms with Gasteiger partial charge in [0.1, 0.15) is 0 Å². The van der Waals surface area contributed by atoms with Crippen LogP contribution in [-0.2, 0) is 9.59 Å². The number of rotatable bonds is 11. The Hall–Kier alpha value is -3.32. The van der Waals surface area contributed by atoms with Gasteiger partial charge in [-0.05, 0) is 12.8 Å². The number of carbonyl (C=O) groups excluding carboxylic acids is 2. The molecule has 0 saturated heterocycles. The fourth-order valence-corrected chi connectivity index (χ4v) is 2.92. The highest BCUT2D eigenvalue weighted by molar-refractivity contribution is 5.73. The van der Waals surface area contributed by atoms with E-state index in [2.05, 4.69) is 9.47 Å². The zero-order chi connectivity index (χ0) is 27.2. The fraction of sp³-hybridized carbons (Fsp3) is 0.364. The summed E-state index contributed by atoms with van der Waals surface area (Å²) < 4.78 is 141. The van der Waals surface area contributed by atoms with E-state index in [9.17, 15) is 53.5 Å². The molecule has 198 valence electrons. The average Bonchev–Trinajstić information content (AvgIpc) is 2.85. The SMILES string of the molecule is O=C(CCCCCCCCC(=O)Oc1c(F)c(F)c(F)c(F)c1F)Oc1c(F)c(F)c(F)c(F)c1F. The van der Waals surface area contributed by atoms with Gasteiger partial charge in [-0.1, -0.05) is 25.7 Å². The number of unbranched alkanes of at least 4 members (excludes halogenated alkanes) is 5. The lowest BCUT2D eigenvalue weighted by atomic mass is 10.1. The van der Waals surface area contributed by atoms with Crippen LogP contribution in [0.25, 0.3) is 0 Å². The van der Waals surface area contributed by atoms with Crippen molar-refractivity contribution < 1.29 is 63.0 Å². The van der Waals surface area contributed by atoms with Crippen LogP contribution in [0.5, 0.6) is 11.5 Å². The van der Waals surface area contributed by atoms with Crippen molar-refractivity contribution in [2.24, 2.45) is 0 Å². The third-order valence-electron chi connectivity index (χ3n) is 4.78. The Morgan fingerprint density at radius 1 is 0.389 bits per heavy atom. The van der Waals surface area contributed by atoms with Crippen LogP contribution < -0.4 is 9.47 Å². The zero-order valence-electron chi connectivity index (χ0n) is 18.1. The first-order valence-corrected chi connectivity index (χ1v) is 10.3. The molecular weight excluding hydrogens is 518 g/mol. The molecule has 0 N–H and O–H groups in total. The van der Waals surface area contributed by atoms with Crippen molar-refractivity contribution in [2.45, 2.75) is 51.4 Å². The normalized spacial score (nSPS) is 11.1. The van der Waals surface area contributed by atoms with Crippen LogP contribution in [0.4, 0.5) is 43.9 Å². The number of benzene rings is 2. The largest absolute Gasteiger partial charge is 0.420 e. The van der Waals surface area contributed by atoms with Crippen LogP contribution in [0, 0.1) is 58.2 Å². The lowest BCUT2D eigenvalue weighted by molar-refractivity contribution is -0.136. The van der Waals surface area contributed by atoms with Crippen LogP contribution in [0.15, 0.2) is 0 Å². The second kappa shape index (κ2) is 12.6. The summed E-state index contributed by atoms with van der Waals surface area (Å²) in [7, 11) is 0. The topological polar surface area (TPSA) is 52.6 Å². The van der Waals surface area contributed by atoms with Gasteiger partial charge in [0.15, 0.2) is 0 Å². The molecule has 36 heavy (non-hydrogen) atoms. The first kappa shape index (κ1) is 28.9. The minimum Gasteiger partial charge on any atom is -0.420 e. The molecule has 0 radical (unpaired) electrons. The first-order valence-electron chi connectivity index (χ1n) is 10.3. The maximum atomic E-state index is 13.5. The van der Waals surface area contributed by atoms with Crippen molar-refractivity contribution in [3.8, 4) is 11.5 Å². The van der Waals surface area contributed by atoms with E-state index in [1.165, 1.54) is 0 Å². The van der Waals surface area contributed by atoms with Gasteiger partial charge in [-0.25, -0.2) is 26.3 Å². The third kappa shape index (κ3) is 6.66. The van der Waals surface area contributed by atoms with Crippen molar-refractivity contribution in [3.63, 3.8) is 0 Å². The van der Waals surface area contributed by atoms with E-state index in [0.717, 1.165) is 0 Å². The summed E-state index contributed by atoms with van der Waals surface area (Å²) in [4.78, 5) is 23.3. The molecule has 2 aromatic rings. The van der Waals surface area contributed by atoms with Crippen molar-refractivity contribution in [2.75, 3.05) is 0 Å². The van der Waals surface area contributed by atoms with Gasteiger partial charge in [0.05, 0.1) is 0 Å². The smallest absolute Gasteiger partial charge is 0.311 e.